The lowest BCUT2D eigenvalue weighted by molar-refractivity contribution is -0.0743. The fourth-order valence-corrected chi connectivity index (χ4v) is 4.01. The van der Waals surface area contributed by atoms with E-state index in [2.05, 4.69) is 10.3 Å². The lowest BCUT2D eigenvalue weighted by atomic mass is 9.92. The molecule has 9 heteroatoms. The number of amides is 1. The van der Waals surface area contributed by atoms with Gasteiger partial charge in [-0.15, -0.1) is 0 Å². The van der Waals surface area contributed by atoms with Crippen LogP contribution in [0.2, 0.25) is 0 Å². The Morgan fingerprint density at radius 3 is 2.72 bits per heavy atom. The molecule has 32 heavy (non-hydrogen) atoms. The van der Waals surface area contributed by atoms with Crippen LogP contribution in [0.25, 0.3) is 10.9 Å². The summed E-state index contributed by atoms with van der Waals surface area (Å²) in [5.41, 5.74) is 0.972. The predicted molar refractivity (Wildman–Crippen MR) is 115 cm³/mol. The zero-order chi connectivity index (χ0) is 22.9. The van der Waals surface area contributed by atoms with Gasteiger partial charge < -0.3 is 29.0 Å². The Labute approximate surface area is 186 Å². The number of fused-ring (bicyclic) bond motifs is 1. The molecule has 2 aromatic rings. The lowest BCUT2D eigenvalue weighted by Crippen LogP contribution is -2.47. The highest BCUT2D eigenvalue weighted by molar-refractivity contribution is 5.84. The quantitative estimate of drug-likeness (QED) is 0.708. The van der Waals surface area contributed by atoms with Gasteiger partial charge in [-0.05, 0) is 45.7 Å². The molecule has 0 radical (unpaired) electrons. The van der Waals surface area contributed by atoms with E-state index in [4.69, 9.17) is 23.7 Å². The number of carbonyl (C=O) groups excluding carboxylic acids is 2. The Balaban J connectivity index is 1.47. The number of hydrogen-bond acceptors (Lipinski definition) is 8. The van der Waals surface area contributed by atoms with Gasteiger partial charge in [-0.1, -0.05) is 12.1 Å². The Morgan fingerprint density at radius 2 is 2.03 bits per heavy atom. The first kappa shape index (κ1) is 22.1. The van der Waals surface area contributed by atoms with E-state index in [1.54, 1.807) is 13.3 Å². The number of nitrogens with one attached hydrogen (secondary N) is 1. The van der Waals surface area contributed by atoms with Gasteiger partial charge in [-0.2, -0.15) is 0 Å². The van der Waals surface area contributed by atoms with Crippen molar-refractivity contribution >= 4 is 23.2 Å². The Hall–Kier alpha value is -3.07. The zero-order valence-electron chi connectivity index (χ0n) is 18.6. The summed E-state index contributed by atoms with van der Waals surface area (Å²) in [5, 5.41) is 3.65. The van der Waals surface area contributed by atoms with E-state index in [-0.39, 0.29) is 18.8 Å². The molecule has 172 valence electrons. The second-order valence-corrected chi connectivity index (χ2v) is 8.95. The molecule has 1 aromatic heterocycles. The Bertz CT molecular complexity index is 995. The number of cyclic esters (lactones) is 2. The summed E-state index contributed by atoms with van der Waals surface area (Å²) in [7, 11) is 1.57. The van der Waals surface area contributed by atoms with Gasteiger partial charge >= 0.3 is 12.2 Å². The third kappa shape index (κ3) is 4.88. The summed E-state index contributed by atoms with van der Waals surface area (Å²) in [6.07, 6.45) is 0.0724. The number of nitrogens with zero attached hydrogens (tertiary/aromatic N) is 1. The van der Waals surface area contributed by atoms with Gasteiger partial charge in [-0.3, -0.25) is 4.98 Å². The van der Waals surface area contributed by atoms with Crippen molar-refractivity contribution in [2.24, 2.45) is 0 Å². The largest absolute Gasteiger partial charge is 0.509 e. The van der Waals surface area contributed by atoms with Gasteiger partial charge in [0.1, 0.15) is 11.4 Å². The average molecular weight is 444 g/mol. The SMILES string of the molecule is COc1cnc2cccc(C3OC(=O)OC3C3CCC(NC(=O)OC(C)(C)C)CO3)c2c1. The van der Waals surface area contributed by atoms with E-state index < -0.39 is 30.1 Å². The highest BCUT2D eigenvalue weighted by Crippen LogP contribution is 2.39. The van der Waals surface area contributed by atoms with Crippen LogP contribution in [0.1, 0.15) is 45.3 Å². The van der Waals surface area contributed by atoms with E-state index in [0.717, 1.165) is 16.5 Å². The van der Waals surface area contributed by atoms with Gasteiger partial charge in [0.2, 0.25) is 0 Å². The Morgan fingerprint density at radius 1 is 1.22 bits per heavy atom. The van der Waals surface area contributed by atoms with Gasteiger partial charge in [0.15, 0.2) is 12.2 Å². The van der Waals surface area contributed by atoms with Crippen LogP contribution < -0.4 is 10.1 Å². The highest BCUT2D eigenvalue weighted by atomic mass is 16.8. The zero-order valence-corrected chi connectivity index (χ0v) is 18.6. The first-order valence-electron chi connectivity index (χ1n) is 10.6. The average Bonchev–Trinajstić information content (AvgIpc) is 3.13. The topological polar surface area (TPSA) is 105 Å². The minimum Gasteiger partial charge on any atom is -0.495 e. The van der Waals surface area contributed by atoms with Crippen molar-refractivity contribution in [1.29, 1.82) is 0 Å². The number of pyridine rings is 1. The molecule has 4 unspecified atom stereocenters. The van der Waals surface area contributed by atoms with Crippen molar-refractivity contribution in [3.8, 4) is 5.75 Å². The summed E-state index contributed by atoms with van der Waals surface area (Å²) in [6.45, 7) is 5.72. The monoisotopic (exact) mass is 444 g/mol. The van der Waals surface area contributed by atoms with E-state index in [1.807, 2.05) is 45.0 Å². The summed E-state index contributed by atoms with van der Waals surface area (Å²) in [6, 6.07) is 7.32. The van der Waals surface area contributed by atoms with Crippen LogP contribution in [0.5, 0.6) is 5.75 Å². The third-order valence-corrected chi connectivity index (χ3v) is 5.43. The smallest absolute Gasteiger partial charge is 0.495 e. The van der Waals surface area contributed by atoms with Crippen molar-refractivity contribution in [2.45, 2.75) is 63.6 Å². The van der Waals surface area contributed by atoms with Crippen LogP contribution in [0.4, 0.5) is 9.59 Å². The van der Waals surface area contributed by atoms with Crippen molar-refractivity contribution in [1.82, 2.24) is 10.3 Å². The maximum atomic E-state index is 12.1. The normalized spacial score (nSPS) is 25.7. The summed E-state index contributed by atoms with van der Waals surface area (Å²) < 4.78 is 27.7. The molecule has 2 saturated heterocycles. The molecule has 4 rings (SSSR count). The fourth-order valence-electron chi connectivity index (χ4n) is 4.01. The molecule has 1 N–H and O–H groups in total. The maximum Gasteiger partial charge on any atom is 0.509 e. The standard InChI is InChI=1S/C23H28N2O7/c1-23(2,3)32-21(26)25-13-8-9-18(29-12-13)20-19(30-22(27)31-20)15-6-5-7-17-16(15)10-14(28-4)11-24-17/h5-7,10-11,13,18-20H,8-9,12H2,1-4H3,(H,25,26). The van der Waals surface area contributed by atoms with Crippen LogP contribution in [0, 0.1) is 0 Å². The predicted octanol–water partition coefficient (Wildman–Crippen LogP) is 3.89. The molecule has 0 aliphatic carbocycles. The number of aromatic nitrogens is 1. The van der Waals surface area contributed by atoms with E-state index in [9.17, 15) is 9.59 Å². The number of methoxy groups -OCH3 is 1. The number of alkyl carbamates (subject to hydrolysis) is 1. The molecular weight excluding hydrogens is 416 g/mol. The van der Waals surface area contributed by atoms with Crippen LogP contribution in [0.3, 0.4) is 0 Å². The number of carbonyl (C=O) groups is 2. The van der Waals surface area contributed by atoms with Gasteiger partial charge in [0.25, 0.3) is 0 Å². The number of hydrogen-bond donors (Lipinski definition) is 1. The van der Waals surface area contributed by atoms with E-state index in [1.165, 1.54) is 0 Å². The molecule has 1 aromatic carbocycles. The molecule has 3 heterocycles. The van der Waals surface area contributed by atoms with Crippen LogP contribution >= 0.6 is 0 Å². The summed E-state index contributed by atoms with van der Waals surface area (Å²) in [4.78, 5) is 28.5. The highest BCUT2D eigenvalue weighted by Gasteiger charge is 2.45. The minimum atomic E-state index is -0.731. The van der Waals surface area contributed by atoms with Gasteiger partial charge in [-0.25, -0.2) is 9.59 Å². The van der Waals surface area contributed by atoms with Crippen molar-refractivity contribution in [3.63, 3.8) is 0 Å². The third-order valence-electron chi connectivity index (χ3n) is 5.43. The number of benzene rings is 1. The maximum absolute atomic E-state index is 12.1. The second kappa shape index (κ2) is 8.82. The molecule has 2 fully saturated rings. The Kier molecular flexibility index (Phi) is 6.10. The van der Waals surface area contributed by atoms with Crippen molar-refractivity contribution < 1.29 is 33.3 Å². The van der Waals surface area contributed by atoms with Crippen LogP contribution in [-0.2, 0) is 18.9 Å². The molecule has 0 saturated carbocycles. The molecular formula is C23H28N2O7. The lowest BCUT2D eigenvalue weighted by Gasteiger charge is -2.33. The van der Waals surface area contributed by atoms with Gasteiger partial charge in [0.05, 0.1) is 37.6 Å². The van der Waals surface area contributed by atoms with Crippen LogP contribution in [0.15, 0.2) is 30.5 Å². The summed E-state index contributed by atoms with van der Waals surface area (Å²) in [5.74, 6) is 0.608. The van der Waals surface area contributed by atoms with Crippen molar-refractivity contribution in [3.05, 3.63) is 36.0 Å². The van der Waals surface area contributed by atoms with Crippen molar-refractivity contribution in [2.75, 3.05) is 13.7 Å². The molecule has 2 aliphatic heterocycles. The molecule has 0 spiro atoms. The van der Waals surface area contributed by atoms with Gasteiger partial charge in [0, 0.05) is 10.9 Å². The number of rotatable bonds is 4. The minimum absolute atomic E-state index is 0.177. The van der Waals surface area contributed by atoms with E-state index in [0.29, 0.717) is 18.6 Å². The second-order valence-electron chi connectivity index (χ2n) is 8.95. The molecule has 9 nitrogen and oxygen atoms in total. The van der Waals surface area contributed by atoms with Crippen LogP contribution in [-0.4, -0.2) is 54.8 Å². The molecule has 2 aliphatic rings. The fraction of sp³-hybridized carbons (Fsp3) is 0.522. The molecule has 4 atom stereocenters. The molecule has 1 amide bonds. The molecule has 0 bridgehead atoms. The van der Waals surface area contributed by atoms with E-state index >= 15 is 0 Å². The first-order valence-corrected chi connectivity index (χ1v) is 10.6. The number of ether oxygens (including phenoxy) is 5. The first-order chi connectivity index (χ1) is 15.2. The summed E-state index contributed by atoms with van der Waals surface area (Å²) >= 11 is 0.